The highest BCUT2D eigenvalue weighted by molar-refractivity contribution is 7.92. The van der Waals surface area contributed by atoms with Gasteiger partial charge in [0.1, 0.15) is 5.75 Å². The number of anilines is 2. The molecule has 9 heteroatoms. The van der Waals surface area contributed by atoms with E-state index in [2.05, 4.69) is 10.0 Å². The Morgan fingerprint density at radius 1 is 0.914 bits per heavy atom. The number of ether oxygens (including phenoxy) is 1. The van der Waals surface area contributed by atoms with Crippen molar-refractivity contribution >= 4 is 61.3 Å². The van der Waals surface area contributed by atoms with Gasteiger partial charge in [-0.15, -0.1) is 0 Å². The predicted molar refractivity (Wildman–Crippen MR) is 141 cm³/mol. The minimum atomic E-state index is -3.89. The van der Waals surface area contributed by atoms with E-state index in [0.29, 0.717) is 22.9 Å². The summed E-state index contributed by atoms with van der Waals surface area (Å²) in [5, 5.41) is 5.46. The first kappa shape index (κ1) is 24.9. The predicted octanol–water partition coefficient (Wildman–Crippen LogP) is 6.74. The highest BCUT2D eigenvalue weighted by atomic mass is 35.5. The normalized spacial score (nSPS) is 12.2. The molecular formula is C26H22Cl2N2O4S. The first-order valence-electron chi connectivity index (χ1n) is 10.8. The Bertz CT molecular complexity index is 1470. The zero-order valence-corrected chi connectivity index (χ0v) is 21.0. The number of rotatable bonds is 8. The van der Waals surface area contributed by atoms with E-state index in [-0.39, 0.29) is 21.5 Å². The summed E-state index contributed by atoms with van der Waals surface area (Å²) in [6, 6.07) is 23.8. The van der Waals surface area contributed by atoms with E-state index in [4.69, 9.17) is 27.9 Å². The minimum Gasteiger partial charge on any atom is -0.481 e. The van der Waals surface area contributed by atoms with Gasteiger partial charge in [0.25, 0.3) is 15.9 Å². The van der Waals surface area contributed by atoms with Crippen LogP contribution in [0.3, 0.4) is 0 Å². The molecule has 1 amide bonds. The molecule has 6 nitrogen and oxygen atoms in total. The van der Waals surface area contributed by atoms with Crippen LogP contribution in [0, 0.1) is 0 Å². The van der Waals surface area contributed by atoms with Gasteiger partial charge in [0.2, 0.25) is 0 Å². The maximum absolute atomic E-state index is 12.8. The number of hydrogen-bond donors (Lipinski definition) is 2. The third-order valence-electron chi connectivity index (χ3n) is 5.27. The van der Waals surface area contributed by atoms with Crippen LogP contribution in [0.5, 0.6) is 5.75 Å². The van der Waals surface area contributed by atoms with Crippen molar-refractivity contribution in [2.45, 2.75) is 24.3 Å². The second-order valence-corrected chi connectivity index (χ2v) is 10.3. The van der Waals surface area contributed by atoms with Crippen LogP contribution in [0.4, 0.5) is 11.4 Å². The van der Waals surface area contributed by atoms with E-state index in [0.717, 1.165) is 10.8 Å². The molecule has 0 bridgehead atoms. The van der Waals surface area contributed by atoms with E-state index in [1.165, 1.54) is 42.5 Å². The monoisotopic (exact) mass is 528 g/mol. The zero-order valence-electron chi connectivity index (χ0n) is 18.7. The molecule has 4 aromatic carbocycles. The summed E-state index contributed by atoms with van der Waals surface area (Å²) < 4.78 is 33.8. The Morgan fingerprint density at radius 2 is 1.63 bits per heavy atom. The molecule has 2 N–H and O–H groups in total. The van der Waals surface area contributed by atoms with Gasteiger partial charge in [-0.25, -0.2) is 8.42 Å². The molecule has 0 saturated heterocycles. The lowest BCUT2D eigenvalue weighted by atomic mass is 10.1. The topological polar surface area (TPSA) is 84.5 Å². The maximum Gasteiger partial charge on any atom is 0.265 e. The van der Waals surface area contributed by atoms with Gasteiger partial charge >= 0.3 is 0 Å². The van der Waals surface area contributed by atoms with Gasteiger partial charge in [-0.1, -0.05) is 60.5 Å². The molecule has 0 unspecified atom stereocenters. The lowest BCUT2D eigenvalue weighted by molar-refractivity contribution is -0.122. The molecule has 4 aromatic rings. The van der Waals surface area contributed by atoms with E-state index in [1.54, 1.807) is 0 Å². The number of hydrogen-bond acceptors (Lipinski definition) is 4. The summed E-state index contributed by atoms with van der Waals surface area (Å²) in [5.41, 5.74) is 0.657. The second kappa shape index (κ2) is 10.6. The molecular weight excluding hydrogens is 507 g/mol. The third kappa shape index (κ3) is 6.06. The molecule has 180 valence electrons. The van der Waals surface area contributed by atoms with Crippen molar-refractivity contribution in [3.05, 3.63) is 95.0 Å². The number of nitrogens with one attached hydrogen (secondary N) is 2. The van der Waals surface area contributed by atoms with Crippen LogP contribution in [-0.2, 0) is 14.8 Å². The highest BCUT2D eigenvalue weighted by Crippen LogP contribution is 2.28. The van der Waals surface area contributed by atoms with Crippen LogP contribution in [0.1, 0.15) is 13.3 Å². The second-order valence-electron chi connectivity index (χ2n) is 7.77. The van der Waals surface area contributed by atoms with Crippen LogP contribution in [-0.4, -0.2) is 20.4 Å². The summed E-state index contributed by atoms with van der Waals surface area (Å²) >= 11 is 11.9. The first-order valence-corrected chi connectivity index (χ1v) is 13.0. The largest absolute Gasteiger partial charge is 0.481 e. The van der Waals surface area contributed by atoms with Gasteiger partial charge in [0.05, 0.1) is 15.6 Å². The van der Waals surface area contributed by atoms with Crippen LogP contribution >= 0.6 is 23.2 Å². The van der Waals surface area contributed by atoms with Crippen LogP contribution in [0.2, 0.25) is 10.0 Å². The quantitative estimate of drug-likeness (QED) is 0.265. The van der Waals surface area contributed by atoms with E-state index in [1.807, 2.05) is 49.4 Å². The lowest BCUT2D eigenvalue weighted by Crippen LogP contribution is -2.32. The average Bonchev–Trinajstić information content (AvgIpc) is 2.84. The number of benzene rings is 4. The minimum absolute atomic E-state index is 0.0148. The van der Waals surface area contributed by atoms with Crippen molar-refractivity contribution in [1.82, 2.24) is 0 Å². The fraction of sp³-hybridized carbons (Fsp3) is 0.115. The Hall–Kier alpha value is -3.26. The number of carbonyl (C=O) groups is 1. The van der Waals surface area contributed by atoms with Gasteiger partial charge in [-0.2, -0.15) is 0 Å². The zero-order chi connectivity index (χ0) is 25.0. The molecule has 0 aliphatic carbocycles. The Labute approximate surface area is 213 Å². The standard InChI is InChI=1S/C26H22Cl2N2O4S/c1-2-25(34-21-11-7-17-5-3-4-6-18(17)15-21)26(31)29-20-9-12-22(13-10-20)35(32,33)30-24-14-8-19(27)16-23(24)28/h3-16,25,30H,2H2,1H3,(H,29,31)/t25-/m0/s1. The van der Waals surface area contributed by atoms with Gasteiger partial charge in [0.15, 0.2) is 6.10 Å². The van der Waals surface area contributed by atoms with Crippen LogP contribution in [0.25, 0.3) is 10.8 Å². The number of sulfonamides is 1. The summed E-state index contributed by atoms with van der Waals surface area (Å²) in [6.07, 6.45) is -0.259. The van der Waals surface area contributed by atoms with Crippen molar-refractivity contribution in [3.8, 4) is 5.75 Å². The third-order valence-corrected chi connectivity index (χ3v) is 7.20. The smallest absolute Gasteiger partial charge is 0.265 e. The molecule has 0 aliphatic rings. The Kier molecular flexibility index (Phi) is 7.50. The van der Waals surface area contributed by atoms with Gasteiger partial charge < -0.3 is 10.1 Å². The summed E-state index contributed by atoms with van der Waals surface area (Å²) in [7, 11) is -3.89. The van der Waals surface area contributed by atoms with Crippen molar-refractivity contribution in [1.29, 1.82) is 0 Å². The van der Waals surface area contributed by atoms with Crippen LogP contribution in [0.15, 0.2) is 89.8 Å². The lowest BCUT2D eigenvalue weighted by Gasteiger charge is -2.18. The van der Waals surface area contributed by atoms with E-state index >= 15 is 0 Å². The van der Waals surface area contributed by atoms with Crippen molar-refractivity contribution < 1.29 is 17.9 Å². The van der Waals surface area contributed by atoms with E-state index in [9.17, 15) is 13.2 Å². The Morgan fingerprint density at radius 3 is 2.31 bits per heavy atom. The number of amides is 1. The van der Waals surface area contributed by atoms with Gasteiger partial charge in [-0.3, -0.25) is 9.52 Å². The fourth-order valence-corrected chi connectivity index (χ4v) is 5.03. The maximum atomic E-state index is 12.8. The molecule has 0 radical (unpaired) electrons. The molecule has 0 saturated carbocycles. The highest BCUT2D eigenvalue weighted by Gasteiger charge is 2.20. The number of fused-ring (bicyclic) bond motifs is 1. The number of halogens is 2. The first-order chi connectivity index (χ1) is 16.7. The summed E-state index contributed by atoms with van der Waals surface area (Å²) in [4.78, 5) is 12.8. The van der Waals surface area contributed by atoms with Crippen molar-refractivity contribution in [2.24, 2.45) is 0 Å². The SMILES string of the molecule is CC[C@H](Oc1ccc2ccccc2c1)C(=O)Nc1ccc(S(=O)(=O)Nc2ccc(Cl)cc2Cl)cc1. The van der Waals surface area contributed by atoms with Crippen molar-refractivity contribution in [3.63, 3.8) is 0 Å². The van der Waals surface area contributed by atoms with Crippen LogP contribution < -0.4 is 14.8 Å². The molecule has 1 atom stereocenters. The number of carbonyl (C=O) groups excluding carboxylic acids is 1. The summed E-state index contributed by atoms with van der Waals surface area (Å²) in [6.45, 7) is 1.86. The molecule has 0 heterocycles. The summed E-state index contributed by atoms with van der Waals surface area (Å²) in [5.74, 6) is 0.265. The van der Waals surface area contributed by atoms with Crippen molar-refractivity contribution in [2.75, 3.05) is 10.0 Å². The van der Waals surface area contributed by atoms with Gasteiger partial charge in [0, 0.05) is 10.7 Å². The fourth-order valence-electron chi connectivity index (χ4n) is 3.44. The molecule has 0 spiro atoms. The van der Waals surface area contributed by atoms with Gasteiger partial charge in [-0.05, 0) is 71.8 Å². The molecule has 0 fully saturated rings. The molecule has 0 aromatic heterocycles. The molecule has 0 aliphatic heterocycles. The average molecular weight is 529 g/mol. The molecule has 4 rings (SSSR count). The molecule has 35 heavy (non-hydrogen) atoms. The van der Waals surface area contributed by atoms with E-state index < -0.39 is 16.1 Å². The Balaban J connectivity index is 1.43.